The van der Waals surface area contributed by atoms with Gasteiger partial charge in [-0.15, -0.1) is 0 Å². The van der Waals surface area contributed by atoms with Gasteiger partial charge in [0.2, 0.25) is 0 Å². The molecule has 5 aliphatic carbocycles. The lowest BCUT2D eigenvalue weighted by atomic mass is 9.33. The Bertz CT molecular complexity index is 1570. The fraction of sp³-hybridized carbons (Fsp3) is 0.739. The van der Waals surface area contributed by atoms with Gasteiger partial charge in [0.1, 0.15) is 0 Å². The first kappa shape index (κ1) is 37.9. The van der Waals surface area contributed by atoms with Crippen molar-refractivity contribution in [2.24, 2.45) is 57.2 Å². The third-order valence-corrected chi connectivity index (χ3v) is 17.3. The largest absolute Gasteiger partial charge is 0.469 e. The molecule has 6 aliphatic rings. The molecular formula is C46H68N2O4. The van der Waals surface area contributed by atoms with Crippen molar-refractivity contribution >= 4 is 17.5 Å². The Balaban J connectivity index is 1.11. The van der Waals surface area contributed by atoms with Crippen LogP contribution in [0.2, 0.25) is 0 Å². The molecular weight excluding hydrogens is 645 g/mol. The molecule has 286 valence electrons. The second-order valence-electron chi connectivity index (χ2n) is 19.5. The van der Waals surface area contributed by atoms with Gasteiger partial charge in [0.15, 0.2) is 0 Å². The van der Waals surface area contributed by atoms with Gasteiger partial charge >= 0.3 is 11.9 Å². The van der Waals surface area contributed by atoms with Crippen LogP contribution in [-0.4, -0.2) is 62.8 Å². The lowest BCUT2D eigenvalue weighted by Crippen LogP contribution is -2.68. The number of hydrogen-bond donors (Lipinski definition) is 1. The van der Waals surface area contributed by atoms with Crippen LogP contribution in [0.3, 0.4) is 0 Å². The fourth-order valence-corrected chi connectivity index (χ4v) is 14.5. The van der Waals surface area contributed by atoms with Crippen LogP contribution in [0.15, 0.2) is 42.5 Å². The molecule has 0 spiro atoms. The maximum atomic E-state index is 12.2. The van der Waals surface area contributed by atoms with E-state index in [1.54, 1.807) is 0 Å². The number of methoxy groups -OCH3 is 2. The third kappa shape index (κ3) is 5.78. The number of carbonyl (C=O) groups is 2. The highest BCUT2D eigenvalue weighted by molar-refractivity contribution is 5.90. The SMILES string of the molecule is C=C(C)C1CCC2(NCCN3CCC(C(=O)OC)CC3)CCC3(C)C(CCC4C5(C)CC=C(c6ccc(C(=O)OC)cc6)C(C)(C)C5CCC43C)C12. The number of hydrogen-bond acceptors (Lipinski definition) is 6. The van der Waals surface area contributed by atoms with Crippen molar-refractivity contribution in [1.29, 1.82) is 0 Å². The summed E-state index contributed by atoms with van der Waals surface area (Å²) in [6.45, 7) is 24.2. The Morgan fingerprint density at radius 1 is 0.846 bits per heavy atom. The monoisotopic (exact) mass is 713 g/mol. The Kier molecular flexibility index (Phi) is 9.97. The summed E-state index contributed by atoms with van der Waals surface area (Å²) in [5.74, 6) is 3.05. The topological polar surface area (TPSA) is 67.9 Å². The van der Waals surface area contributed by atoms with E-state index in [-0.39, 0.29) is 34.2 Å². The summed E-state index contributed by atoms with van der Waals surface area (Å²) < 4.78 is 10.0. The van der Waals surface area contributed by atoms with Crippen LogP contribution in [0.25, 0.3) is 5.57 Å². The molecule has 5 fully saturated rings. The lowest BCUT2D eigenvalue weighted by Gasteiger charge is -2.72. The predicted molar refractivity (Wildman–Crippen MR) is 210 cm³/mol. The molecule has 1 aromatic carbocycles. The highest BCUT2D eigenvalue weighted by Crippen LogP contribution is 2.76. The number of allylic oxidation sites excluding steroid dienone is 3. The Morgan fingerprint density at radius 2 is 1.56 bits per heavy atom. The normalized spacial score (nSPS) is 40.0. The van der Waals surface area contributed by atoms with Crippen LogP contribution in [0.4, 0.5) is 0 Å². The maximum absolute atomic E-state index is 12.2. The fourth-order valence-electron chi connectivity index (χ4n) is 14.5. The van der Waals surface area contributed by atoms with E-state index in [0.29, 0.717) is 46.0 Å². The average molecular weight is 713 g/mol. The van der Waals surface area contributed by atoms with Crippen LogP contribution >= 0.6 is 0 Å². The highest BCUT2D eigenvalue weighted by atomic mass is 16.5. The molecule has 9 atom stereocenters. The number of benzene rings is 1. The number of likely N-dealkylation sites (tertiary alicyclic amines) is 1. The molecule has 52 heavy (non-hydrogen) atoms. The van der Waals surface area contributed by atoms with E-state index in [1.165, 1.54) is 82.3 Å². The summed E-state index contributed by atoms with van der Waals surface area (Å²) in [6, 6.07) is 8.13. The van der Waals surface area contributed by atoms with Crippen molar-refractivity contribution in [1.82, 2.24) is 10.2 Å². The number of rotatable bonds is 8. The minimum Gasteiger partial charge on any atom is -0.469 e. The molecule has 0 bridgehead atoms. The van der Waals surface area contributed by atoms with E-state index in [4.69, 9.17) is 9.47 Å². The Hall–Kier alpha value is -2.44. The molecule has 1 aliphatic heterocycles. The molecule has 7 rings (SSSR count). The zero-order valence-corrected chi connectivity index (χ0v) is 33.7. The molecule has 6 heteroatoms. The number of ether oxygens (including phenoxy) is 2. The summed E-state index contributed by atoms with van der Waals surface area (Å²) in [4.78, 5) is 26.8. The molecule has 1 aromatic rings. The second-order valence-corrected chi connectivity index (χ2v) is 19.5. The van der Waals surface area contributed by atoms with Crippen LogP contribution < -0.4 is 5.32 Å². The van der Waals surface area contributed by atoms with Gasteiger partial charge < -0.3 is 19.7 Å². The molecule has 1 heterocycles. The van der Waals surface area contributed by atoms with Crippen molar-refractivity contribution < 1.29 is 19.1 Å². The summed E-state index contributed by atoms with van der Waals surface area (Å²) in [6.07, 6.45) is 16.0. The minimum absolute atomic E-state index is 0.0372. The van der Waals surface area contributed by atoms with Crippen molar-refractivity contribution in [3.63, 3.8) is 0 Å². The first-order valence-electron chi connectivity index (χ1n) is 20.8. The summed E-state index contributed by atoms with van der Waals surface area (Å²) in [5, 5.41) is 4.30. The highest BCUT2D eigenvalue weighted by Gasteiger charge is 2.70. The van der Waals surface area contributed by atoms with Gasteiger partial charge in [0, 0.05) is 18.6 Å². The van der Waals surface area contributed by atoms with Gasteiger partial charge in [-0.05, 0) is 165 Å². The number of piperidine rings is 1. The van der Waals surface area contributed by atoms with Gasteiger partial charge in [-0.2, -0.15) is 0 Å². The smallest absolute Gasteiger partial charge is 0.337 e. The predicted octanol–water partition coefficient (Wildman–Crippen LogP) is 9.35. The summed E-state index contributed by atoms with van der Waals surface area (Å²) in [5.41, 5.74) is 5.85. The molecule has 4 saturated carbocycles. The van der Waals surface area contributed by atoms with E-state index >= 15 is 0 Å². The zero-order chi connectivity index (χ0) is 37.3. The first-order chi connectivity index (χ1) is 24.6. The van der Waals surface area contributed by atoms with E-state index in [9.17, 15) is 9.59 Å². The number of fused-ring (bicyclic) bond motifs is 7. The standard InChI is InChI=1S/C46H68N2O4/c1-30(2)34-16-23-46(47-26-29-48-27-19-33(20-28-48)41(50)52-9)25-24-44(6)36(39(34)46)14-15-38-43(5)21-17-35(31-10-12-32(13-11-31)40(49)51-8)42(3,4)37(43)18-22-45(38,44)7/h10-13,17,33-34,36-39,47H,1,14-16,18-29H2,2-9H3. The Labute approximate surface area is 314 Å². The van der Waals surface area contributed by atoms with Crippen LogP contribution in [0.5, 0.6) is 0 Å². The molecule has 6 nitrogen and oxygen atoms in total. The van der Waals surface area contributed by atoms with Crippen molar-refractivity contribution in [2.45, 2.75) is 118 Å². The number of nitrogens with one attached hydrogen (secondary N) is 1. The maximum Gasteiger partial charge on any atom is 0.337 e. The van der Waals surface area contributed by atoms with E-state index < -0.39 is 0 Å². The van der Waals surface area contributed by atoms with Crippen LogP contribution in [-0.2, 0) is 14.3 Å². The number of esters is 2. The van der Waals surface area contributed by atoms with Gasteiger partial charge in [-0.3, -0.25) is 4.79 Å². The first-order valence-corrected chi connectivity index (χ1v) is 20.8. The van der Waals surface area contributed by atoms with E-state index in [1.807, 2.05) is 12.1 Å². The molecule has 0 aromatic heterocycles. The zero-order valence-electron chi connectivity index (χ0n) is 33.7. The quantitative estimate of drug-likeness (QED) is 0.214. The van der Waals surface area contributed by atoms with Crippen molar-refractivity contribution in [2.75, 3.05) is 40.4 Å². The van der Waals surface area contributed by atoms with Crippen molar-refractivity contribution in [3.05, 3.63) is 53.6 Å². The minimum atomic E-state index is -0.275. The second kappa shape index (κ2) is 13.7. The summed E-state index contributed by atoms with van der Waals surface area (Å²) >= 11 is 0. The van der Waals surface area contributed by atoms with Gasteiger partial charge in [-0.1, -0.05) is 65.0 Å². The van der Waals surface area contributed by atoms with E-state index in [2.05, 4.69) is 76.5 Å². The van der Waals surface area contributed by atoms with Gasteiger partial charge in [0.25, 0.3) is 0 Å². The lowest BCUT2D eigenvalue weighted by molar-refractivity contribution is -0.219. The third-order valence-electron chi connectivity index (χ3n) is 17.3. The number of carbonyl (C=O) groups excluding carboxylic acids is 2. The summed E-state index contributed by atoms with van der Waals surface area (Å²) in [7, 11) is 2.97. The van der Waals surface area contributed by atoms with Gasteiger partial charge in [0.05, 0.1) is 25.7 Å². The Morgan fingerprint density at radius 3 is 2.21 bits per heavy atom. The van der Waals surface area contributed by atoms with Gasteiger partial charge in [-0.25, -0.2) is 4.79 Å². The molecule has 0 radical (unpaired) electrons. The molecule has 0 amide bonds. The molecule has 9 unspecified atom stereocenters. The van der Waals surface area contributed by atoms with Crippen molar-refractivity contribution in [3.8, 4) is 0 Å². The van der Waals surface area contributed by atoms with Crippen LogP contribution in [0, 0.1) is 57.2 Å². The molecule has 1 N–H and O–H groups in total. The molecule has 1 saturated heterocycles. The van der Waals surface area contributed by atoms with Crippen LogP contribution in [0.1, 0.15) is 128 Å². The average Bonchev–Trinajstić information content (AvgIpc) is 3.51. The number of nitrogens with zero attached hydrogens (tertiary/aromatic N) is 1. The van der Waals surface area contributed by atoms with E-state index in [0.717, 1.165) is 45.4 Å².